The highest BCUT2D eigenvalue weighted by atomic mass is 19.3. The highest BCUT2D eigenvalue weighted by molar-refractivity contribution is 6.02. The average molecular weight is 305 g/mol. The second kappa shape index (κ2) is 6.05. The van der Waals surface area contributed by atoms with Crippen molar-refractivity contribution in [3.05, 3.63) is 48.0 Å². The second-order valence-corrected chi connectivity index (χ2v) is 4.96. The fourth-order valence-electron chi connectivity index (χ4n) is 2.01. The maximum absolute atomic E-state index is 12.1. The van der Waals surface area contributed by atoms with Crippen LogP contribution < -0.4 is 10.1 Å². The van der Waals surface area contributed by atoms with Crippen molar-refractivity contribution in [3.63, 3.8) is 0 Å². The molecule has 1 fully saturated rings. The van der Waals surface area contributed by atoms with Crippen LogP contribution in [0.4, 0.5) is 14.5 Å². The van der Waals surface area contributed by atoms with Gasteiger partial charge in [-0.15, -0.1) is 0 Å². The normalized spacial score (nSPS) is 14.0. The topological polar surface area (TPSA) is 64.1 Å². The van der Waals surface area contributed by atoms with Gasteiger partial charge in [0, 0.05) is 17.3 Å². The van der Waals surface area contributed by atoms with E-state index in [9.17, 15) is 13.6 Å². The molecular formula is C15H13F2N3O2. The number of nitrogens with zero attached hydrogens (tertiary/aromatic N) is 2. The third-order valence-corrected chi connectivity index (χ3v) is 3.25. The molecule has 1 aliphatic carbocycles. The van der Waals surface area contributed by atoms with Gasteiger partial charge >= 0.3 is 6.61 Å². The molecule has 0 bridgehead atoms. The fourth-order valence-corrected chi connectivity index (χ4v) is 2.01. The number of nitrogens with one attached hydrogen (secondary N) is 1. The third kappa shape index (κ3) is 3.55. The average Bonchev–Trinajstić information content (AvgIpc) is 3.33. The number of carbonyl (C=O) groups is 1. The zero-order valence-corrected chi connectivity index (χ0v) is 11.5. The zero-order chi connectivity index (χ0) is 15.5. The Morgan fingerprint density at radius 1 is 1.23 bits per heavy atom. The molecule has 1 aromatic carbocycles. The lowest BCUT2D eigenvalue weighted by Crippen LogP contribution is -2.14. The van der Waals surface area contributed by atoms with Gasteiger partial charge in [0.2, 0.25) is 0 Å². The Morgan fingerprint density at radius 3 is 2.59 bits per heavy atom. The van der Waals surface area contributed by atoms with E-state index >= 15 is 0 Å². The minimum Gasteiger partial charge on any atom is -0.435 e. The van der Waals surface area contributed by atoms with Crippen LogP contribution in [0.3, 0.4) is 0 Å². The van der Waals surface area contributed by atoms with Crippen molar-refractivity contribution in [2.75, 3.05) is 5.32 Å². The summed E-state index contributed by atoms with van der Waals surface area (Å²) in [5.74, 6) is 0.0956. The molecule has 7 heteroatoms. The number of anilines is 1. The molecule has 1 aliphatic rings. The van der Waals surface area contributed by atoms with Crippen LogP contribution >= 0.6 is 0 Å². The first-order chi connectivity index (χ1) is 10.6. The molecule has 0 saturated heterocycles. The molecule has 0 radical (unpaired) electrons. The van der Waals surface area contributed by atoms with E-state index in [0.29, 0.717) is 11.6 Å². The molecule has 0 atom stereocenters. The van der Waals surface area contributed by atoms with Gasteiger partial charge in [-0.05, 0) is 43.2 Å². The molecule has 0 spiro atoms. The first-order valence-electron chi connectivity index (χ1n) is 6.80. The van der Waals surface area contributed by atoms with Gasteiger partial charge in [0.05, 0.1) is 0 Å². The molecule has 3 rings (SSSR count). The number of benzene rings is 1. The Balaban J connectivity index is 1.67. The predicted molar refractivity (Wildman–Crippen MR) is 75.0 cm³/mol. The minimum absolute atomic E-state index is 0.0334. The first-order valence-corrected chi connectivity index (χ1v) is 6.80. The summed E-state index contributed by atoms with van der Waals surface area (Å²) in [6.45, 7) is -2.87. The molecule has 1 heterocycles. The van der Waals surface area contributed by atoms with Crippen LogP contribution in [0.5, 0.6) is 5.75 Å². The number of hydrogen-bond acceptors (Lipinski definition) is 4. The van der Waals surface area contributed by atoms with Crippen molar-refractivity contribution in [2.24, 2.45) is 0 Å². The number of hydrogen-bond donors (Lipinski definition) is 1. The lowest BCUT2D eigenvalue weighted by Gasteiger charge is -2.07. The van der Waals surface area contributed by atoms with E-state index in [1.165, 1.54) is 30.6 Å². The van der Waals surface area contributed by atoms with Crippen LogP contribution in [0, 0.1) is 0 Å². The van der Waals surface area contributed by atoms with Crippen molar-refractivity contribution in [3.8, 4) is 5.75 Å². The number of rotatable bonds is 5. The van der Waals surface area contributed by atoms with Crippen LogP contribution in [0.1, 0.15) is 34.9 Å². The zero-order valence-electron chi connectivity index (χ0n) is 11.5. The van der Waals surface area contributed by atoms with E-state index in [-0.39, 0.29) is 17.4 Å². The Kier molecular flexibility index (Phi) is 3.95. The molecule has 22 heavy (non-hydrogen) atoms. The molecule has 1 amide bonds. The number of halogens is 2. The summed E-state index contributed by atoms with van der Waals surface area (Å²) in [4.78, 5) is 20.2. The molecule has 1 N–H and O–H groups in total. The van der Waals surface area contributed by atoms with Gasteiger partial charge in [0.1, 0.15) is 17.8 Å². The van der Waals surface area contributed by atoms with E-state index in [1.807, 2.05) is 0 Å². The second-order valence-electron chi connectivity index (χ2n) is 4.96. The lowest BCUT2D eigenvalue weighted by atomic mass is 10.2. The van der Waals surface area contributed by atoms with Gasteiger partial charge in [0.15, 0.2) is 0 Å². The third-order valence-electron chi connectivity index (χ3n) is 3.25. The monoisotopic (exact) mass is 305 g/mol. The lowest BCUT2D eigenvalue weighted by molar-refractivity contribution is -0.0498. The first kappa shape index (κ1) is 14.4. The van der Waals surface area contributed by atoms with Crippen molar-refractivity contribution >= 4 is 11.6 Å². The predicted octanol–water partition coefficient (Wildman–Crippen LogP) is 3.21. The van der Waals surface area contributed by atoms with E-state index < -0.39 is 6.61 Å². The van der Waals surface area contributed by atoms with Crippen molar-refractivity contribution < 1.29 is 18.3 Å². The Labute approximate surface area is 125 Å². The van der Waals surface area contributed by atoms with Gasteiger partial charge < -0.3 is 10.1 Å². The molecule has 2 aromatic rings. The van der Waals surface area contributed by atoms with Crippen LogP contribution in [0.2, 0.25) is 0 Å². The van der Waals surface area contributed by atoms with Crippen LogP contribution in [-0.2, 0) is 0 Å². The fraction of sp³-hybridized carbons (Fsp3) is 0.267. The van der Waals surface area contributed by atoms with Gasteiger partial charge in [-0.2, -0.15) is 8.78 Å². The summed E-state index contributed by atoms with van der Waals surface area (Å²) >= 11 is 0. The van der Waals surface area contributed by atoms with E-state index in [1.54, 1.807) is 6.07 Å². The smallest absolute Gasteiger partial charge is 0.387 e. The van der Waals surface area contributed by atoms with E-state index in [0.717, 1.165) is 18.5 Å². The molecule has 0 aliphatic heterocycles. The highest BCUT2D eigenvalue weighted by Gasteiger charge is 2.25. The molecule has 5 nitrogen and oxygen atoms in total. The number of ether oxygens (including phenoxy) is 1. The summed E-state index contributed by atoms with van der Waals surface area (Å²) in [5.41, 5.74) is 1.63. The summed E-state index contributed by atoms with van der Waals surface area (Å²) in [7, 11) is 0. The van der Waals surface area contributed by atoms with Crippen molar-refractivity contribution in [1.82, 2.24) is 9.97 Å². The number of aromatic nitrogens is 2. The van der Waals surface area contributed by atoms with Crippen molar-refractivity contribution in [1.29, 1.82) is 0 Å². The maximum atomic E-state index is 12.1. The Morgan fingerprint density at radius 2 is 1.95 bits per heavy atom. The number of amides is 1. The number of carbonyl (C=O) groups excluding carboxylic acids is 1. The summed E-state index contributed by atoms with van der Waals surface area (Å²) in [6, 6.07) is 7.37. The summed E-state index contributed by atoms with van der Waals surface area (Å²) < 4.78 is 28.4. The Bertz CT molecular complexity index is 673. The van der Waals surface area contributed by atoms with Crippen LogP contribution in [0.15, 0.2) is 36.7 Å². The van der Waals surface area contributed by atoms with E-state index in [4.69, 9.17) is 0 Å². The molecule has 1 saturated carbocycles. The summed E-state index contributed by atoms with van der Waals surface area (Å²) in [6.07, 6.45) is 3.55. The van der Waals surface area contributed by atoms with Gasteiger partial charge in [-0.3, -0.25) is 4.79 Å². The van der Waals surface area contributed by atoms with Crippen LogP contribution in [0.25, 0.3) is 0 Å². The standard InChI is InChI=1S/C15H13F2N3O2/c16-15(17)22-11-5-3-10(4-6-11)20-14(21)13-7-12(9-1-2-9)18-8-19-13/h3-9,15H,1-2H2,(H,20,21). The molecule has 1 aromatic heterocycles. The van der Waals surface area contributed by atoms with Gasteiger partial charge in [0.25, 0.3) is 5.91 Å². The molecule has 0 unspecified atom stereocenters. The largest absolute Gasteiger partial charge is 0.435 e. The van der Waals surface area contributed by atoms with Gasteiger partial charge in [-0.1, -0.05) is 0 Å². The SMILES string of the molecule is O=C(Nc1ccc(OC(F)F)cc1)c1cc(C2CC2)ncn1. The summed E-state index contributed by atoms with van der Waals surface area (Å²) in [5, 5.41) is 2.65. The minimum atomic E-state index is -2.87. The van der Waals surface area contributed by atoms with E-state index in [2.05, 4.69) is 20.0 Å². The number of alkyl halides is 2. The highest BCUT2D eigenvalue weighted by Crippen LogP contribution is 2.38. The molecule has 114 valence electrons. The van der Waals surface area contributed by atoms with Crippen molar-refractivity contribution in [2.45, 2.75) is 25.4 Å². The van der Waals surface area contributed by atoms with Crippen LogP contribution in [-0.4, -0.2) is 22.5 Å². The van der Waals surface area contributed by atoms with Gasteiger partial charge in [-0.25, -0.2) is 9.97 Å². The quantitative estimate of drug-likeness (QED) is 0.921. The Hall–Kier alpha value is -2.57. The molecular weight excluding hydrogens is 292 g/mol. The maximum Gasteiger partial charge on any atom is 0.387 e.